The van der Waals surface area contributed by atoms with Crippen molar-refractivity contribution in [3.63, 3.8) is 0 Å². The van der Waals surface area contributed by atoms with Gasteiger partial charge in [-0.1, -0.05) is 18.2 Å². The number of hydrogen-bond donors (Lipinski definition) is 2. The fourth-order valence-corrected chi connectivity index (χ4v) is 3.05. The van der Waals surface area contributed by atoms with Gasteiger partial charge in [0.2, 0.25) is 0 Å². The molecule has 5 heteroatoms. The number of carboxylic acids is 1. The number of aliphatic carboxylic acids is 1. The van der Waals surface area contributed by atoms with Crippen molar-refractivity contribution in [2.24, 2.45) is 7.05 Å². The molecule has 1 aromatic carbocycles. The van der Waals surface area contributed by atoms with Gasteiger partial charge < -0.3 is 10.4 Å². The summed E-state index contributed by atoms with van der Waals surface area (Å²) in [7, 11) is 1.94. The molecule has 0 bridgehead atoms. The number of rotatable bonds is 3. The third kappa shape index (κ3) is 2.41. The van der Waals surface area contributed by atoms with Gasteiger partial charge >= 0.3 is 5.97 Å². The molecule has 5 nitrogen and oxygen atoms in total. The van der Waals surface area contributed by atoms with E-state index in [0.717, 1.165) is 42.3 Å². The van der Waals surface area contributed by atoms with Crippen LogP contribution in [-0.4, -0.2) is 32.9 Å². The molecule has 20 heavy (non-hydrogen) atoms. The van der Waals surface area contributed by atoms with E-state index in [9.17, 15) is 4.79 Å². The molecule has 1 saturated heterocycles. The fourth-order valence-electron chi connectivity index (χ4n) is 3.05. The summed E-state index contributed by atoms with van der Waals surface area (Å²) in [5.41, 5.74) is 2.17. The molecule has 1 fully saturated rings. The standard InChI is InChI=1S/C15H19N3O2/c1-18-14-8-3-2-6-11(14)13(17-18)9-10-5-4-7-12(16-10)15(19)20/h2-3,6,8,10,12,16H,4-5,7,9H2,1H3,(H,19,20). The average molecular weight is 273 g/mol. The van der Waals surface area contributed by atoms with E-state index in [-0.39, 0.29) is 6.04 Å². The third-order valence-corrected chi connectivity index (χ3v) is 4.05. The van der Waals surface area contributed by atoms with Gasteiger partial charge in [0.25, 0.3) is 0 Å². The number of para-hydroxylation sites is 1. The van der Waals surface area contributed by atoms with Crippen LogP contribution in [0.5, 0.6) is 0 Å². The lowest BCUT2D eigenvalue weighted by atomic mass is 9.95. The van der Waals surface area contributed by atoms with Crippen molar-refractivity contribution in [1.29, 1.82) is 0 Å². The number of benzene rings is 1. The maximum atomic E-state index is 11.1. The first-order valence-corrected chi connectivity index (χ1v) is 7.04. The highest BCUT2D eigenvalue weighted by Gasteiger charge is 2.26. The Hall–Kier alpha value is -1.88. The summed E-state index contributed by atoms with van der Waals surface area (Å²) < 4.78 is 1.89. The summed E-state index contributed by atoms with van der Waals surface area (Å²) in [5, 5.41) is 18.1. The number of carboxylic acid groups (broad SMARTS) is 1. The molecule has 0 aliphatic carbocycles. The molecule has 106 valence electrons. The maximum absolute atomic E-state index is 11.1. The lowest BCUT2D eigenvalue weighted by Crippen LogP contribution is -2.47. The Bertz CT molecular complexity index is 635. The van der Waals surface area contributed by atoms with Gasteiger partial charge in [0, 0.05) is 24.9 Å². The number of carbonyl (C=O) groups is 1. The first-order valence-electron chi connectivity index (χ1n) is 7.04. The van der Waals surface area contributed by atoms with E-state index in [0.29, 0.717) is 0 Å². The number of piperidine rings is 1. The van der Waals surface area contributed by atoms with Crippen LogP contribution in [-0.2, 0) is 18.3 Å². The summed E-state index contributed by atoms with van der Waals surface area (Å²) >= 11 is 0. The van der Waals surface area contributed by atoms with Gasteiger partial charge in [0.05, 0.1) is 11.2 Å². The first kappa shape index (κ1) is 13.1. The third-order valence-electron chi connectivity index (χ3n) is 4.05. The van der Waals surface area contributed by atoms with E-state index in [2.05, 4.69) is 22.5 Å². The number of fused-ring (bicyclic) bond motifs is 1. The van der Waals surface area contributed by atoms with E-state index in [1.165, 1.54) is 0 Å². The molecule has 2 N–H and O–H groups in total. The van der Waals surface area contributed by atoms with E-state index < -0.39 is 12.0 Å². The van der Waals surface area contributed by atoms with Gasteiger partial charge in [-0.3, -0.25) is 9.48 Å². The van der Waals surface area contributed by atoms with Crippen LogP contribution in [0.2, 0.25) is 0 Å². The lowest BCUT2D eigenvalue weighted by Gasteiger charge is -2.28. The zero-order valence-electron chi connectivity index (χ0n) is 11.5. The minimum Gasteiger partial charge on any atom is -0.480 e. The van der Waals surface area contributed by atoms with Crippen LogP contribution in [0.1, 0.15) is 25.0 Å². The van der Waals surface area contributed by atoms with Crippen LogP contribution >= 0.6 is 0 Å². The molecule has 0 saturated carbocycles. The highest BCUT2D eigenvalue weighted by atomic mass is 16.4. The van der Waals surface area contributed by atoms with E-state index >= 15 is 0 Å². The normalized spacial score (nSPS) is 23.1. The predicted molar refractivity (Wildman–Crippen MR) is 76.6 cm³/mol. The van der Waals surface area contributed by atoms with E-state index in [4.69, 9.17) is 5.11 Å². The van der Waals surface area contributed by atoms with Gasteiger partial charge in [-0.25, -0.2) is 0 Å². The Morgan fingerprint density at radius 2 is 2.25 bits per heavy atom. The molecule has 2 atom stereocenters. The second kappa shape index (κ2) is 5.25. The highest BCUT2D eigenvalue weighted by Crippen LogP contribution is 2.22. The second-order valence-electron chi connectivity index (χ2n) is 5.48. The lowest BCUT2D eigenvalue weighted by molar-refractivity contribution is -0.140. The van der Waals surface area contributed by atoms with E-state index in [1.807, 2.05) is 23.9 Å². The summed E-state index contributed by atoms with van der Waals surface area (Å²) in [6.45, 7) is 0. The SMILES string of the molecule is Cn1nc(CC2CCCC(C(=O)O)N2)c2ccccc21. The average Bonchev–Trinajstić information content (AvgIpc) is 2.76. The van der Waals surface area contributed by atoms with Crippen molar-refractivity contribution in [3.05, 3.63) is 30.0 Å². The quantitative estimate of drug-likeness (QED) is 0.893. The summed E-state index contributed by atoms with van der Waals surface area (Å²) in [5.74, 6) is -0.749. The predicted octanol–water partition coefficient (Wildman–Crippen LogP) is 1.71. The highest BCUT2D eigenvalue weighted by molar-refractivity contribution is 5.82. The summed E-state index contributed by atoms with van der Waals surface area (Å²) in [6, 6.07) is 7.94. The Kier molecular flexibility index (Phi) is 3.44. The minimum absolute atomic E-state index is 0.197. The van der Waals surface area contributed by atoms with Crippen molar-refractivity contribution < 1.29 is 9.90 Å². The van der Waals surface area contributed by atoms with Crippen molar-refractivity contribution in [2.45, 2.75) is 37.8 Å². The van der Waals surface area contributed by atoms with E-state index in [1.54, 1.807) is 0 Å². The molecule has 0 amide bonds. The largest absolute Gasteiger partial charge is 0.480 e. The molecule has 2 aromatic rings. The number of aryl methyl sites for hydroxylation is 1. The molecule has 1 aliphatic rings. The molecular weight excluding hydrogens is 254 g/mol. The smallest absolute Gasteiger partial charge is 0.320 e. The van der Waals surface area contributed by atoms with Crippen LogP contribution in [0.25, 0.3) is 10.9 Å². The Labute approximate surface area is 117 Å². The van der Waals surface area contributed by atoms with Gasteiger partial charge in [-0.05, 0) is 25.3 Å². The summed E-state index contributed by atoms with van der Waals surface area (Å²) in [6.07, 6.45) is 3.47. The summed E-state index contributed by atoms with van der Waals surface area (Å²) in [4.78, 5) is 11.1. The zero-order valence-corrected chi connectivity index (χ0v) is 11.5. The molecule has 3 rings (SSSR count). The van der Waals surface area contributed by atoms with Crippen LogP contribution in [0.15, 0.2) is 24.3 Å². The fraction of sp³-hybridized carbons (Fsp3) is 0.467. The molecule has 0 spiro atoms. The van der Waals surface area contributed by atoms with Crippen molar-refractivity contribution in [2.75, 3.05) is 0 Å². The van der Waals surface area contributed by atoms with Gasteiger partial charge in [0.15, 0.2) is 0 Å². The van der Waals surface area contributed by atoms with Gasteiger partial charge in [-0.2, -0.15) is 5.10 Å². The van der Waals surface area contributed by atoms with Gasteiger partial charge in [0.1, 0.15) is 6.04 Å². The van der Waals surface area contributed by atoms with Crippen molar-refractivity contribution in [1.82, 2.24) is 15.1 Å². The molecule has 1 aromatic heterocycles. The zero-order chi connectivity index (χ0) is 14.1. The maximum Gasteiger partial charge on any atom is 0.320 e. The molecule has 2 unspecified atom stereocenters. The molecule has 0 radical (unpaired) electrons. The van der Waals surface area contributed by atoms with Crippen molar-refractivity contribution in [3.8, 4) is 0 Å². The minimum atomic E-state index is -0.749. The number of nitrogens with zero attached hydrogens (tertiary/aromatic N) is 2. The monoisotopic (exact) mass is 273 g/mol. The van der Waals surface area contributed by atoms with Crippen LogP contribution in [0, 0.1) is 0 Å². The topological polar surface area (TPSA) is 67.2 Å². The Morgan fingerprint density at radius 1 is 1.45 bits per heavy atom. The van der Waals surface area contributed by atoms with Crippen LogP contribution in [0.4, 0.5) is 0 Å². The molecular formula is C15H19N3O2. The number of aromatic nitrogens is 2. The van der Waals surface area contributed by atoms with Gasteiger partial charge in [-0.15, -0.1) is 0 Å². The second-order valence-corrected chi connectivity index (χ2v) is 5.48. The number of nitrogens with one attached hydrogen (secondary N) is 1. The Morgan fingerprint density at radius 3 is 3.05 bits per heavy atom. The van der Waals surface area contributed by atoms with Crippen LogP contribution < -0.4 is 5.32 Å². The first-order chi connectivity index (χ1) is 9.65. The molecule has 1 aliphatic heterocycles. The Balaban J connectivity index is 1.81. The van der Waals surface area contributed by atoms with Crippen LogP contribution in [0.3, 0.4) is 0 Å². The van der Waals surface area contributed by atoms with Crippen molar-refractivity contribution >= 4 is 16.9 Å². The molecule has 2 heterocycles. The number of hydrogen-bond acceptors (Lipinski definition) is 3.